The molecule has 1 aliphatic carbocycles. The molecule has 2 aromatic rings. The fraction of sp³-hybridized carbons (Fsp3) is 0.579. The molecular weight excluding hydrogens is 318 g/mol. The van der Waals surface area contributed by atoms with Crippen molar-refractivity contribution in [3.63, 3.8) is 0 Å². The Labute approximate surface area is 148 Å². The smallest absolute Gasteiger partial charge is 0.138 e. The minimum absolute atomic E-state index is 0.149. The minimum atomic E-state index is 0.149. The van der Waals surface area contributed by atoms with Crippen LogP contribution in [-0.4, -0.2) is 46.4 Å². The van der Waals surface area contributed by atoms with E-state index in [1.165, 1.54) is 5.56 Å². The Morgan fingerprint density at radius 2 is 2.08 bits per heavy atom. The monoisotopic (exact) mass is 343 g/mol. The highest BCUT2D eigenvalue weighted by atomic mass is 16.5. The standard InChI is InChI=1S/C19H25N3O3/c1-13-16(14(2)25-21-13)11-22-9-10-23-19-17(22)3-4-18(19)24-12-15-5-7-20-8-6-15/h5-8,17-19H,3-4,9-12H2,1-2H3/t17-,18+,19+/m0/s1. The molecule has 6 heteroatoms. The molecule has 2 aliphatic rings. The van der Waals surface area contributed by atoms with Gasteiger partial charge in [0.25, 0.3) is 0 Å². The SMILES string of the molecule is Cc1noc(C)c1CN1CCO[C@H]2[C@H](OCc3ccncc3)CC[C@@H]21. The van der Waals surface area contributed by atoms with Gasteiger partial charge < -0.3 is 14.0 Å². The summed E-state index contributed by atoms with van der Waals surface area (Å²) in [6.07, 6.45) is 6.06. The second kappa shape index (κ2) is 7.23. The molecule has 0 radical (unpaired) electrons. The van der Waals surface area contributed by atoms with E-state index >= 15 is 0 Å². The van der Waals surface area contributed by atoms with E-state index in [9.17, 15) is 0 Å². The number of hydrogen-bond acceptors (Lipinski definition) is 6. The Balaban J connectivity index is 1.40. The molecule has 0 N–H and O–H groups in total. The number of ether oxygens (including phenoxy) is 2. The van der Waals surface area contributed by atoms with Crippen molar-refractivity contribution >= 4 is 0 Å². The van der Waals surface area contributed by atoms with Gasteiger partial charge in [0.05, 0.1) is 31.1 Å². The number of pyridine rings is 1. The third-order valence-electron chi connectivity index (χ3n) is 5.41. The molecule has 1 aliphatic heterocycles. The van der Waals surface area contributed by atoms with Gasteiger partial charge in [-0.25, -0.2) is 0 Å². The zero-order valence-electron chi connectivity index (χ0n) is 14.9. The first kappa shape index (κ1) is 16.7. The molecule has 1 saturated carbocycles. The highest BCUT2D eigenvalue weighted by molar-refractivity contribution is 5.21. The molecule has 25 heavy (non-hydrogen) atoms. The molecule has 6 nitrogen and oxygen atoms in total. The van der Waals surface area contributed by atoms with E-state index in [0.29, 0.717) is 12.6 Å². The highest BCUT2D eigenvalue weighted by Crippen LogP contribution is 2.34. The molecule has 1 saturated heterocycles. The molecule has 2 fully saturated rings. The van der Waals surface area contributed by atoms with Gasteiger partial charge in [-0.15, -0.1) is 0 Å². The molecule has 0 unspecified atom stereocenters. The van der Waals surface area contributed by atoms with Crippen molar-refractivity contribution in [2.24, 2.45) is 0 Å². The molecule has 0 aromatic carbocycles. The second-order valence-electron chi connectivity index (χ2n) is 6.96. The van der Waals surface area contributed by atoms with Crippen LogP contribution in [0.25, 0.3) is 0 Å². The maximum atomic E-state index is 6.18. The summed E-state index contributed by atoms with van der Waals surface area (Å²) >= 11 is 0. The summed E-state index contributed by atoms with van der Waals surface area (Å²) < 4.78 is 17.6. The summed E-state index contributed by atoms with van der Waals surface area (Å²) in [5.41, 5.74) is 3.35. The quantitative estimate of drug-likeness (QED) is 0.832. The molecule has 0 spiro atoms. The molecular formula is C19H25N3O3. The first-order chi connectivity index (χ1) is 12.2. The average Bonchev–Trinajstić information content (AvgIpc) is 3.20. The number of aromatic nitrogens is 2. The number of aryl methyl sites for hydroxylation is 2. The Kier molecular flexibility index (Phi) is 4.83. The minimum Gasteiger partial charge on any atom is -0.373 e. The highest BCUT2D eigenvalue weighted by Gasteiger charge is 2.43. The van der Waals surface area contributed by atoms with Crippen molar-refractivity contribution in [3.8, 4) is 0 Å². The van der Waals surface area contributed by atoms with Gasteiger partial charge >= 0.3 is 0 Å². The average molecular weight is 343 g/mol. The number of rotatable bonds is 5. The van der Waals surface area contributed by atoms with E-state index in [1.807, 2.05) is 26.0 Å². The van der Waals surface area contributed by atoms with Crippen molar-refractivity contribution in [2.75, 3.05) is 13.2 Å². The van der Waals surface area contributed by atoms with Crippen molar-refractivity contribution in [3.05, 3.63) is 47.1 Å². The number of morpholine rings is 1. The van der Waals surface area contributed by atoms with E-state index in [2.05, 4.69) is 15.0 Å². The van der Waals surface area contributed by atoms with Crippen LogP contribution in [0.5, 0.6) is 0 Å². The summed E-state index contributed by atoms with van der Waals surface area (Å²) in [6.45, 7) is 7.19. The van der Waals surface area contributed by atoms with Gasteiger partial charge in [-0.1, -0.05) is 5.16 Å². The lowest BCUT2D eigenvalue weighted by Gasteiger charge is -2.39. The number of fused-ring (bicyclic) bond motifs is 1. The maximum Gasteiger partial charge on any atom is 0.138 e. The van der Waals surface area contributed by atoms with Gasteiger partial charge in [0.1, 0.15) is 5.76 Å². The van der Waals surface area contributed by atoms with E-state index in [1.54, 1.807) is 12.4 Å². The van der Waals surface area contributed by atoms with Crippen LogP contribution >= 0.6 is 0 Å². The van der Waals surface area contributed by atoms with E-state index < -0.39 is 0 Å². The second-order valence-corrected chi connectivity index (χ2v) is 6.96. The predicted octanol–water partition coefficient (Wildman–Crippen LogP) is 2.64. The van der Waals surface area contributed by atoms with Gasteiger partial charge in [0.2, 0.25) is 0 Å². The fourth-order valence-corrected chi connectivity index (χ4v) is 3.98. The number of hydrogen-bond donors (Lipinski definition) is 0. The van der Waals surface area contributed by atoms with Gasteiger partial charge in [-0.05, 0) is 44.4 Å². The molecule has 3 heterocycles. The van der Waals surface area contributed by atoms with Crippen molar-refractivity contribution in [1.82, 2.24) is 15.0 Å². The van der Waals surface area contributed by atoms with Gasteiger partial charge in [0.15, 0.2) is 0 Å². The lowest BCUT2D eigenvalue weighted by atomic mass is 10.1. The molecule has 4 rings (SSSR count). The van der Waals surface area contributed by atoms with Crippen LogP contribution < -0.4 is 0 Å². The van der Waals surface area contributed by atoms with E-state index in [4.69, 9.17) is 14.0 Å². The lowest BCUT2D eigenvalue weighted by Crippen LogP contribution is -2.51. The largest absolute Gasteiger partial charge is 0.373 e. The maximum absolute atomic E-state index is 6.18. The Bertz CT molecular complexity index is 684. The zero-order chi connectivity index (χ0) is 17.2. The summed E-state index contributed by atoms with van der Waals surface area (Å²) in [5, 5.41) is 4.08. The van der Waals surface area contributed by atoms with Crippen LogP contribution in [0.3, 0.4) is 0 Å². The summed E-state index contributed by atoms with van der Waals surface area (Å²) in [6, 6.07) is 4.40. The summed E-state index contributed by atoms with van der Waals surface area (Å²) in [4.78, 5) is 6.56. The van der Waals surface area contributed by atoms with Gasteiger partial charge in [-0.2, -0.15) is 0 Å². The molecule has 0 amide bonds. The third kappa shape index (κ3) is 3.47. The van der Waals surface area contributed by atoms with Crippen LogP contribution in [0.2, 0.25) is 0 Å². The van der Waals surface area contributed by atoms with Gasteiger partial charge in [0, 0.05) is 37.1 Å². The van der Waals surface area contributed by atoms with Crippen LogP contribution in [-0.2, 0) is 22.6 Å². The first-order valence-corrected chi connectivity index (χ1v) is 9.00. The van der Waals surface area contributed by atoms with Crippen LogP contribution in [0.1, 0.15) is 35.4 Å². The normalized spacial score (nSPS) is 26.7. The topological polar surface area (TPSA) is 60.6 Å². The van der Waals surface area contributed by atoms with Crippen molar-refractivity contribution in [1.29, 1.82) is 0 Å². The fourth-order valence-electron chi connectivity index (χ4n) is 3.98. The Hall–Kier alpha value is -1.76. The first-order valence-electron chi connectivity index (χ1n) is 9.00. The van der Waals surface area contributed by atoms with Crippen LogP contribution in [0.4, 0.5) is 0 Å². The van der Waals surface area contributed by atoms with Gasteiger partial charge in [-0.3, -0.25) is 9.88 Å². The Morgan fingerprint density at radius 1 is 1.24 bits per heavy atom. The molecule has 0 bridgehead atoms. The molecule has 2 aromatic heterocycles. The number of nitrogens with zero attached hydrogens (tertiary/aromatic N) is 3. The molecule has 3 atom stereocenters. The Morgan fingerprint density at radius 3 is 2.84 bits per heavy atom. The van der Waals surface area contributed by atoms with E-state index in [0.717, 1.165) is 49.6 Å². The summed E-state index contributed by atoms with van der Waals surface area (Å²) in [7, 11) is 0. The zero-order valence-corrected chi connectivity index (χ0v) is 14.9. The lowest BCUT2D eigenvalue weighted by molar-refractivity contribution is -0.118. The third-order valence-corrected chi connectivity index (χ3v) is 5.41. The summed E-state index contributed by atoms with van der Waals surface area (Å²) in [5.74, 6) is 0.920. The van der Waals surface area contributed by atoms with E-state index in [-0.39, 0.29) is 12.2 Å². The van der Waals surface area contributed by atoms with Crippen LogP contribution in [0.15, 0.2) is 29.0 Å². The van der Waals surface area contributed by atoms with Crippen molar-refractivity contribution in [2.45, 2.75) is 58.1 Å². The van der Waals surface area contributed by atoms with Crippen molar-refractivity contribution < 1.29 is 14.0 Å². The predicted molar refractivity (Wildman–Crippen MR) is 92.0 cm³/mol. The van der Waals surface area contributed by atoms with Crippen LogP contribution in [0, 0.1) is 13.8 Å². The molecule has 134 valence electrons.